The Morgan fingerprint density at radius 3 is 3.00 bits per heavy atom. The minimum atomic E-state index is -0.192. The van der Waals surface area contributed by atoms with Crippen molar-refractivity contribution < 1.29 is 4.79 Å². The highest BCUT2D eigenvalue weighted by atomic mass is 16.1. The molecule has 0 aliphatic rings. The number of rotatable bonds is 1. The van der Waals surface area contributed by atoms with Crippen molar-refractivity contribution in [3.8, 4) is 0 Å². The molecule has 0 aliphatic heterocycles. The zero-order valence-electron chi connectivity index (χ0n) is 7.19. The van der Waals surface area contributed by atoms with Gasteiger partial charge in [-0.3, -0.25) is 4.79 Å². The van der Waals surface area contributed by atoms with Crippen LogP contribution in [0.15, 0.2) is 18.2 Å². The van der Waals surface area contributed by atoms with Crippen molar-refractivity contribution in [2.24, 2.45) is 7.05 Å². The van der Waals surface area contributed by atoms with Crippen LogP contribution in [0.1, 0.15) is 10.4 Å². The molecule has 1 aromatic carbocycles. The number of hydrogen-bond donors (Lipinski definition) is 0. The Bertz CT molecular complexity index is 473. The molecule has 1 aromatic heterocycles. The zero-order valence-corrected chi connectivity index (χ0v) is 7.19. The first-order valence-electron chi connectivity index (χ1n) is 3.84. The lowest BCUT2D eigenvalue weighted by atomic mass is 10.1. The van der Waals surface area contributed by atoms with E-state index in [9.17, 15) is 4.79 Å². The summed E-state index contributed by atoms with van der Waals surface area (Å²) in [4.78, 5) is 11.0. The maximum Gasteiger partial charge on any atom is 0.163 e. The predicted octanol–water partition coefficient (Wildman–Crippen LogP) is 0.985. The third-order valence-corrected chi connectivity index (χ3v) is 1.93. The molecule has 4 heteroatoms. The fourth-order valence-electron chi connectivity index (χ4n) is 1.20. The minimum absolute atomic E-state index is 0.192. The summed E-state index contributed by atoms with van der Waals surface area (Å²) >= 11 is 0. The van der Waals surface area contributed by atoms with Crippen LogP contribution in [0, 0.1) is 6.92 Å². The normalized spacial score (nSPS) is 10.6. The maximum atomic E-state index is 11.0. The second-order valence-electron chi connectivity index (χ2n) is 2.84. The molecule has 1 radical (unpaired) electrons. The van der Waals surface area contributed by atoms with Gasteiger partial charge in [-0.2, -0.15) is 0 Å². The fourth-order valence-corrected chi connectivity index (χ4v) is 1.20. The van der Waals surface area contributed by atoms with Gasteiger partial charge >= 0.3 is 0 Å². The second-order valence-corrected chi connectivity index (χ2v) is 2.84. The SMILES string of the molecule is [CH2]C(=O)c1ccc2nnn(C)c2c1. The summed E-state index contributed by atoms with van der Waals surface area (Å²) in [6, 6.07) is 5.21. The molecule has 0 aliphatic carbocycles. The molecule has 0 bridgehead atoms. The number of hydrogen-bond acceptors (Lipinski definition) is 3. The molecule has 2 rings (SSSR count). The summed E-state index contributed by atoms with van der Waals surface area (Å²) in [6.45, 7) is 3.34. The standard InChI is InChI=1S/C9H8N3O/c1-6(13)7-3-4-8-9(5-7)12(2)11-10-8/h3-5H,1H2,2H3. The smallest absolute Gasteiger partial charge is 0.163 e. The number of fused-ring (bicyclic) bond motifs is 1. The van der Waals surface area contributed by atoms with E-state index in [0.717, 1.165) is 11.0 Å². The van der Waals surface area contributed by atoms with Gasteiger partial charge in [0.25, 0.3) is 0 Å². The van der Waals surface area contributed by atoms with Crippen LogP contribution in [-0.2, 0) is 7.05 Å². The van der Waals surface area contributed by atoms with E-state index in [0.29, 0.717) is 5.56 Å². The lowest BCUT2D eigenvalue weighted by Crippen LogP contribution is -1.94. The Labute approximate surface area is 75.2 Å². The number of carbonyl (C=O) groups excluding carboxylic acids is 1. The van der Waals surface area contributed by atoms with Crippen molar-refractivity contribution in [2.75, 3.05) is 0 Å². The third kappa shape index (κ3) is 1.20. The highest BCUT2D eigenvalue weighted by Crippen LogP contribution is 2.12. The lowest BCUT2D eigenvalue weighted by Gasteiger charge is -1.95. The Balaban J connectivity index is 2.72. The number of carbonyl (C=O) groups is 1. The van der Waals surface area contributed by atoms with Crippen molar-refractivity contribution in [1.29, 1.82) is 0 Å². The summed E-state index contributed by atoms with van der Waals surface area (Å²) < 4.78 is 1.63. The quantitative estimate of drug-likeness (QED) is 0.605. The van der Waals surface area contributed by atoms with Crippen LogP contribution in [0.5, 0.6) is 0 Å². The van der Waals surface area contributed by atoms with Crippen LogP contribution in [0.3, 0.4) is 0 Å². The molecular formula is C9H8N3O. The van der Waals surface area contributed by atoms with Crippen molar-refractivity contribution in [3.63, 3.8) is 0 Å². The molecule has 0 N–H and O–H groups in total. The molecule has 1 heterocycles. The highest BCUT2D eigenvalue weighted by molar-refractivity contribution is 6.01. The second kappa shape index (κ2) is 2.65. The van der Waals surface area contributed by atoms with Crippen LogP contribution >= 0.6 is 0 Å². The molecular weight excluding hydrogens is 166 g/mol. The Hall–Kier alpha value is -1.71. The molecule has 0 fully saturated rings. The molecule has 0 saturated heterocycles. The van der Waals surface area contributed by atoms with Crippen LogP contribution in [0.25, 0.3) is 11.0 Å². The topological polar surface area (TPSA) is 47.8 Å². The van der Waals surface area contributed by atoms with Crippen molar-refractivity contribution in [3.05, 3.63) is 30.7 Å². The average Bonchev–Trinajstić information content (AvgIpc) is 2.47. The summed E-state index contributed by atoms with van der Waals surface area (Å²) in [5.41, 5.74) is 2.21. The van der Waals surface area contributed by atoms with E-state index in [2.05, 4.69) is 17.2 Å². The van der Waals surface area contributed by atoms with E-state index in [1.165, 1.54) is 0 Å². The number of nitrogens with zero attached hydrogens (tertiary/aromatic N) is 3. The number of Topliss-reactive ketones (excluding diaryl/α,β-unsaturated/α-hetero) is 1. The van der Waals surface area contributed by atoms with Gasteiger partial charge in [-0.25, -0.2) is 4.68 Å². The number of ketones is 1. The van der Waals surface area contributed by atoms with Gasteiger partial charge in [0.1, 0.15) is 5.52 Å². The molecule has 13 heavy (non-hydrogen) atoms. The van der Waals surface area contributed by atoms with E-state index in [-0.39, 0.29) is 5.78 Å². The van der Waals surface area contributed by atoms with Crippen LogP contribution < -0.4 is 0 Å². The van der Waals surface area contributed by atoms with Gasteiger partial charge in [0.2, 0.25) is 0 Å². The lowest BCUT2D eigenvalue weighted by molar-refractivity contribution is 0.104. The van der Waals surface area contributed by atoms with E-state index in [1.54, 1.807) is 29.9 Å². The van der Waals surface area contributed by atoms with Crippen LogP contribution in [0.2, 0.25) is 0 Å². The summed E-state index contributed by atoms with van der Waals surface area (Å²) in [7, 11) is 1.78. The van der Waals surface area contributed by atoms with Gasteiger partial charge in [0.15, 0.2) is 5.78 Å². The average molecular weight is 174 g/mol. The molecule has 0 unspecified atom stereocenters. The van der Waals surface area contributed by atoms with Crippen molar-refractivity contribution in [1.82, 2.24) is 15.0 Å². The largest absolute Gasteiger partial charge is 0.294 e. The van der Waals surface area contributed by atoms with Gasteiger partial charge in [-0.05, 0) is 18.2 Å². The molecule has 0 spiro atoms. The monoisotopic (exact) mass is 174 g/mol. The molecule has 4 nitrogen and oxygen atoms in total. The molecule has 0 amide bonds. The predicted molar refractivity (Wildman–Crippen MR) is 48.2 cm³/mol. The molecule has 0 saturated carbocycles. The van der Waals surface area contributed by atoms with Gasteiger partial charge in [-0.15, -0.1) is 5.10 Å². The maximum absolute atomic E-state index is 11.0. The summed E-state index contributed by atoms with van der Waals surface area (Å²) in [6.07, 6.45) is 0. The van der Waals surface area contributed by atoms with Crippen LogP contribution in [-0.4, -0.2) is 20.8 Å². The summed E-state index contributed by atoms with van der Waals surface area (Å²) in [5, 5.41) is 7.73. The number of aromatic nitrogens is 3. The molecule has 0 atom stereocenters. The third-order valence-electron chi connectivity index (χ3n) is 1.93. The first-order valence-corrected chi connectivity index (χ1v) is 3.84. The van der Waals surface area contributed by atoms with E-state index >= 15 is 0 Å². The first kappa shape index (κ1) is 7.91. The van der Waals surface area contributed by atoms with E-state index in [4.69, 9.17) is 0 Å². The minimum Gasteiger partial charge on any atom is -0.294 e. The molecule has 2 aromatic rings. The van der Waals surface area contributed by atoms with Crippen LogP contribution in [0.4, 0.5) is 0 Å². The van der Waals surface area contributed by atoms with Gasteiger partial charge in [-0.1, -0.05) is 5.21 Å². The fraction of sp³-hybridized carbons (Fsp3) is 0.111. The number of benzene rings is 1. The Kier molecular flexibility index (Phi) is 1.62. The van der Waals surface area contributed by atoms with Crippen molar-refractivity contribution >= 4 is 16.8 Å². The van der Waals surface area contributed by atoms with Crippen molar-refractivity contribution in [2.45, 2.75) is 0 Å². The van der Waals surface area contributed by atoms with Gasteiger partial charge < -0.3 is 0 Å². The van der Waals surface area contributed by atoms with Gasteiger partial charge in [0.05, 0.1) is 5.52 Å². The first-order chi connectivity index (χ1) is 6.18. The van der Waals surface area contributed by atoms with E-state index in [1.807, 2.05) is 0 Å². The zero-order chi connectivity index (χ0) is 9.42. The summed E-state index contributed by atoms with van der Waals surface area (Å²) in [5.74, 6) is -0.192. The van der Waals surface area contributed by atoms with E-state index < -0.39 is 0 Å². The Morgan fingerprint density at radius 2 is 2.31 bits per heavy atom. The van der Waals surface area contributed by atoms with Gasteiger partial charge in [0, 0.05) is 19.5 Å². The number of aryl methyl sites for hydroxylation is 1. The highest BCUT2D eigenvalue weighted by Gasteiger charge is 2.04. The molecule has 65 valence electrons. The Morgan fingerprint density at radius 1 is 1.54 bits per heavy atom.